The van der Waals surface area contributed by atoms with Crippen LogP contribution in [-0.2, 0) is 0 Å². The smallest absolute Gasteiger partial charge is 0.211 e. The number of hydrogen-bond donors (Lipinski definition) is 1. The van der Waals surface area contributed by atoms with Crippen LogP contribution < -0.4 is 15.2 Å². The Labute approximate surface area is 105 Å². The summed E-state index contributed by atoms with van der Waals surface area (Å²) in [5.74, 6) is 2.60. The maximum Gasteiger partial charge on any atom is 0.211 e. The maximum absolute atomic E-state index is 5.73. The second kappa shape index (κ2) is 4.34. The van der Waals surface area contributed by atoms with E-state index in [2.05, 4.69) is 4.98 Å². The highest BCUT2D eigenvalue weighted by Gasteiger charge is 2.19. The molecule has 0 fully saturated rings. The van der Waals surface area contributed by atoms with Crippen LogP contribution in [0, 0.1) is 0 Å². The summed E-state index contributed by atoms with van der Waals surface area (Å²) in [6.45, 7) is 2.94. The van der Waals surface area contributed by atoms with Crippen LogP contribution in [0.4, 0.5) is 0 Å². The van der Waals surface area contributed by atoms with Gasteiger partial charge >= 0.3 is 0 Å². The first kappa shape index (κ1) is 11.1. The maximum atomic E-state index is 5.73. The molecule has 0 saturated carbocycles. The molecule has 0 radical (unpaired) electrons. The van der Waals surface area contributed by atoms with E-state index in [0.717, 1.165) is 11.3 Å². The largest absolute Gasteiger partial charge is 0.486 e. The highest BCUT2D eigenvalue weighted by Crippen LogP contribution is 2.40. The number of nitrogens with two attached hydrogens (primary N) is 1. The third-order valence-electron chi connectivity index (χ3n) is 2.74. The van der Waals surface area contributed by atoms with Crippen LogP contribution in [0.3, 0.4) is 0 Å². The van der Waals surface area contributed by atoms with Gasteiger partial charge in [0.25, 0.3) is 0 Å². The van der Waals surface area contributed by atoms with Crippen molar-refractivity contribution in [2.24, 2.45) is 5.73 Å². The van der Waals surface area contributed by atoms with Crippen molar-refractivity contribution in [3.8, 4) is 22.8 Å². The normalized spacial score (nSPS) is 15.4. The molecule has 2 N–H and O–H groups in total. The minimum absolute atomic E-state index is 0.226. The van der Waals surface area contributed by atoms with E-state index in [-0.39, 0.29) is 6.04 Å². The fourth-order valence-electron chi connectivity index (χ4n) is 1.89. The molecule has 0 spiro atoms. The van der Waals surface area contributed by atoms with Gasteiger partial charge in [0.15, 0.2) is 17.3 Å². The summed E-state index contributed by atoms with van der Waals surface area (Å²) in [6, 6.07) is 5.46. The summed E-state index contributed by atoms with van der Waals surface area (Å²) in [5, 5.41) is 0. The van der Waals surface area contributed by atoms with E-state index in [9.17, 15) is 0 Å². The number of para-hydroxylation sites is 1. The van der Waals surface area contributed by atoms with Crippen molar-refractivity contribution in [3.63, 3.8) is 0 Å². The molecule has 94 valence electrons. The van der Waals surface area contributed by atoms with Gasteiger partial charge in [0.2, 0.25) is 5.89 Å². The highest BCUT2D eigenvalue weighted by atomic mass is 16.6. The van der Waals surface area contributed by atoms with Gasteiger partial charge in [0, 0.05) is 0 Å². The van der Waals surface area contributed by atoms with Crippen LogP contribution in [0.15, 0.2) is 28.8 Å². The molecule has 0 bridgehead atoms. The van der Waals surface area contributed by atoms with Gasteiger partial charge in [0.05, 0.1) is 17.8 Å². The molecule has 1 aliphatic rings. The number of benzene rings is 1. The molecular formula is C13H14N2O3. The van der Waals surface area contributed by atoms with Gasteiger partial charge in [0.1, 0.15) is 13.2 Å². The first-order valence-corrected chi connectivity index (χ1v) is 5.86. The topological polar surface area (TPSA) is 70.5 Å². The summed E-state index contributed by atoms with van der Waals surface area (Å²) < 4.78 is 16.8. The monoisotopic (exact) mass is 246 g/mol. The van der Waals surface area contributed by atoms with Crippen LogP contribution in [0.25, 0.3) is 11.3 Å². The number of fused-ring (bicyclic) bond motifs is 1. The van der Waals surface area contributed by atoms with E-state index >= 15 is 0 Å². The Morgan fingerprint density at radius 2 is 2.11 bits per heavy atom. The van der Waals surface area contributed by atoms with E-state index in [0.29, 0.717) is 30.6 Å². The lowest BCUT2D eigenvalue weighted by Crippen LogP contribution is -2.15. The summed E-state index contributed by atoms with van der Waals surface area (Å²) in [7, 11) is 0. The summed E-state index contributed by atoms with van der Waals surface area (Å²) >= 11 is 0. The first-order chi connectivity index (χ1) is 8.75. The molecule has 1 atom stereocenters. The molecular weight excluding hydrogens is 232 g/mol. The van der Waals surface area contributed by atoms with Crippen LogP contribution in [-0.4, -0.2) is 18.2 Å². The summed E-state index contributed by atoms with van der Waals surface area (Å²) in [4.78, 5) is 4.15. The standard InChI is InChI=1S/C13H14N2O3/c1-8(14)13-15-7-11(18-13)9-3-2-4-10-12(9)17-6-5-16-10/h2-4,7-8H,5-6,14H2,1H3. The third kappa shape index (κ3) is 1.82. The molecule has 5 heteroatoms. The molecule has 0 amide bonds. The second-order valence-corrected chi connectivity index (χ2v) is 4.18. The van der Waals surface area contributed by atoms with Crippen LogP contribution in [0.1, 0.15) is 18.9 Å². The van der Waals surface area contributed by atoms with Crippen molar-refractivity contribution < 1.29 is 13.9 Å². The van der Waals surface area contributed by atoms with Crippen molar-refractivity contribution in [3.05, 3.63) is 30.3 Å². The number of rotatable bonds is 2. The molecule has 1 unspecified atom stereocenters. The number of ether oxygens (including phenoxy) is 2. The number of aromatic nitrogens is 1. The van der Waals surface area contributed by atoms with Gasteiger partial charge in [-0.15, -0.1) is 0 Å². The lowest BCUT2D eigenvalue weighted by molar-refractivity contribution is 0.172. The highest BCUT2D eigenvalue weighted by molar-refractivity contribution is 5.69. The van der Waals surface area contributed by atoms with Gasteiger partial charge in [-0.3, -0.25) is 0 Å². The quantitative estimate of drug-likeness (QED) is 0.879. The Bertz CT molecular complexity index is 563. The van der Waals surface area contributed by atoms with Crippen molar-refractivity contribution in [1.82, 2.24) is 4.98 Å². The van der Waals surface area contributed by atoms with E-state index < -0.39 is 0 Å². The van der Waals surface area contributed by atoms with Crippen molar-refractivity contribution in [1.29, 1.82) is 0 Å². The number of nitrogens with zero attached hydrogens (tertiary/aromatic N) is 1. The zero-order chi connectivity index (χ0) is 12.5. The molecule has 2 heterocycles. The predicted octanol–water partition coefficient (Wildman–Crippen LogP) is 2.13. The predicted molar refractivity (Wildman–Crippen MR) is 65.5 cm³/mol. The second-order valence-electron chi connectivity index (χ2n) is 4.18. The Kier molecular flexibility index (Phi) is 2.68. The Balaban J connectivity index is 2.05. The van der Waals surface area contributed by atoms with Crippen LogP contribution >= 0.6 is 0 Å². The zero-order valence-electron chi connectivity index (χ0n) is 10.1. The van der Waals surface area contributed by atoms with Gasteiger partial charge in [-0.1, -0.05) is 6.07 Å². The van der Waals surface area contributed by atoms with E-state index in [1.54, 1.807) is 6.20 Å². The van der Waals surface area contributed by atoms with Gasteiger partial charge < -0.3 is 19.6 Å². The zero-order valence-corrected chi connectivity index (χ0v) is 10.1. The lowest BCUT2D eigenvalue weighted by atomic mass is 10.1. The molecule has 1 aliphatic heterocycles. The molecule has 3 rings (SSSR count). The fourth-order valence-corrected chi connectivity index (χ4v) is 1.89. The molecule has 1 aromatic carbocycles. The van der Waals surface area contributed by atoms with E-state index in [4.69, 9.17) is 19.6 Å². The van der Waals surface area contributed by atoms with Gasteiger partial charge in [-0.25, -0.2) is 4.98 Å². The van der Waals surface area contributed by atoms with Crippen molar-refractivity contribution in [2.75, 3.05) is 13.2 Å². The van der Waals surface area contributed by atoms with Gasteiger partial charge in [-0.05, 0) is 19.1 Å². The molecule has 0 aliphatic carbocycles. The summed E-state index contributed by atoms with van der Waals surface area (Å²) in [6.07, 6.45) is 1.66. The SMILES string of the molecule is CC(N)c1ncc(-c2cccc3c2OCCO3)o1. The molecule has 1 aromatic heterocycles. The Hall–Kier alpha value is -2.01. The first-order valence-electron chi connectivity index (χ1n) is 5.86. The molecule has 5 nitrogen and oxygen atoms in total. The van der Waals surface area contributed by atoms with Crippen molar-refractivity contribution in [2.45, 2.75) is 13.0 Å². The summed E-state index contributed by atoms with van der Waals surface area (Å²) in [5.41, 5.74) is 6.57. The minimum Gasteiger partial charge on any atom is -0.486 e. The van der Waals surface area contributed by atoms with Crippen LogP contribution in [0.2, 0.25) is 0 Å². The molecule has 18 heavy (non-hydrogen) atoms. The van der Waals surface area contributed by atoms with Gasteiger partial charge in [-0.2, -0.15) is 0 Å². The number of oxazole rings is 1. The average molecular weight is 246 g/mol. The van der Waals surface area contributed by atoms with E-state index in [1.807, 2.05) is 25.1 Å². The number of hydrogen-bond acceptors (Lipinski definition) is 5. The van der Waals surface area contributed by atoms with E-state index in [1.165, 1.54) is 0 Å². The van der Waals surface area contributed by atoms with Crippen LogP contribution in [0.5, 0.6) is 11.5 Å². The van der Waals surface area contributed by atoms with Crippen molar-refractivity contribution >= 4 is 0 Å². The Morgan fingerprint density at radius 1 is 1.28 bits per heavy atom. The minimum atomic E-state index is -0.226. The Morgan fingerprint density at radius 3 is 2.89 bits per heavy atom. The third-order valence-corrected chi connectivity index (χ3v) is 2.74. The fraction of sp³-hybridized carbons (Fsp3) is 0.308. The molecule has 0 saturated heterocycles. The average Bonchev–Trinajstić information content (AvgIpc) is 2.87. The molecule has 2 aromatic rings. The lowest BCUT2D eigenvalue weighted by Gasteiger charge is -2.19.